The maximum absolute atomic E-state index is 12.2. The number of nitrogens with one attached hydrogen (secondary N) is 1. The summed E-state index contributed by atoms with van der Waals surface area (Å²) in [5.41, 5.74) is 0. The van der Waals surface area contributed by atoms with E-state index < -0.39 is 10.0 Å². The molecular formula is C12H19N5O2S. The summed E-state index contributed by atoms with van der Waals surface area (Å²) in [5, 5.41) is -0.00348. The van der Waals surface area contributed by atoms with Gasteiger partial charge in [-0.3, -0.25) is 4.72 Å². The van der Waals surface area contributed by atoms with Crippen LogP contribution in [0.1, 0.15) is 33.2 Å². The van der Waals surface area contributed by atoms with Gasteiger partial charge in [0.15, 0.2) is 10.8 Å². The Morgan fingerprint density at radius 3 is 2.60 bits per heavy atom. The van der Waals surface area contributed by atoms with E-state index in [0.29, 0.717) is 5.82 Å². The lowest BCUT2D eigenvalue weighted by atomic mass is 10.4. The molecule has 2 rings (SSSR count). The molecule has 0 atom stereocenters. The number of aryl methyl sites for hydroxylation is 1. The zero-order chi connectivity index (χ0) is 14.8. The summed E-state index contributed by atoms with van der Waals surface area (Å²) in [7, 11) is -3.69. The van der Waals surface area contributed by atoms with E-state index in [0.717, 1.165) is 13.0 Å². The van der Waals surface area contributed by atoms with Crippen molar-refractivity contribution >= 4 is 15.8 Å². The Hall–Kier alpha value is -1.83. The molecule has 2 aromatic rings. The standard InChI is InChI=1S/C12H19N5O2S/c1-4-5-16-6-11(13-8-16)15-20(18,19)12-7-17(9-14-12)10(2)3/h6-10,15H,4-5H2,1-3H3. The van der Waals surface area contributed by atoms with Gasteiger partial charge in [0.1, 0.15) is 0 Å². The maximum Gasteiger partial charge on any atom is 0.282 e. The van der Waals surface area contributed by atoms with E-state index in [1.807, 2.05) is 25.3 Å². The van der Waals surface area contributed by atoms with Gasteiger partial charge in [0, 0.05) is 25.0 Å². The van der Waals surface area contributed by atoms with Crippen LogP contribution in [0.25, 0.3) is 0 Å². The van der Waals surface area contributed by atoms with Crippen LogP contribution in [0.4, 0.5) is 5.82 Å². The number of sulfonamides is 1. The molecule has 20 heavy (non-hydrogen) atoms. The van der Waals surface area contributed by atoms with Gasteiger partial charge in [-0.2, -0.15) is 8.42 Å². The molecule has 8 heteroatoms. The third-order valence-corrected chi connectivity index (χ3v) is 4.04. The van der Waals surface area contributed by atoms with Gasteiger partial charge in [-0.05, 0) is 20.3 Å². The third kappa shape index (κ3) is 3.19. The molecule has 0 fully saturated rings. The minimum Gasteiger partial charge on any atom is -0.335 e. The van der Waals surface area contributed by atoms with Crippen LogP contribution in [0.15, 0.2) is 30.1 Å². The molecule has 0 radical (unpaired) electrons. The van der Waals surface area contributed by atoms with Crippen LogP contribution in [0, 0.1) is 0 Å². The molecule has 0 aliphatic heterocycles. The number of hydrogen-bond acceptors (Lipinski definition) is 4. The lowest BCUT2D eigenvalue weighted by Gasteiger charge is -2.04. The predicted molar refractivity (Wildman–Crippen MR) is 75.9 cm³/mol. The molecule has 110 valence electrons. The van der Waals surface area contributed by atoms with Crippen molar-refractivity contribution in [1.82, 2.24) is 19.1 Å². The van der Waals surface area contributed by atoms with Gasteiger partial charge in [0.05, 0.1) is 12.7 Å². The number of anilines is 1. The molecule has 2 heterocycles. The maximum atomic E-state index is 12.2. The highest BCUT2D eigenvalue weighted by atomic mass is 32.2. The molecule has 0 amide bonds. The van der Waals surface area contributed by atoms with Crippen molar-refractivity contribution in [2.75, 3.05) is 4.72 Å². The monoisotopic (exact) mass is 297 g/mol. The predicted octanol–water partition coefficient (Wildman–Crippen LogP) is 1.87. The van der Waals surface area contributed by atoms with Crippen molar-refractivity contribution in [2.45, 2.75) is 44.8 Å². The van der Waals surface area contributed by atoms with Gasteiger partial charge in [-0.1, -0.05) is 6.92 Å². The van der Waals surface area contributed by atoms with E-state index in [-0.39, 0.29) is 11.1 Å². The third-order valence-electron chi connectivity index (χ3n) is 2.80. The number of nitrogens with zero attached hydrogens (tertiary/aromatic N) is 4. The largest absolute Gasteiger partial charge is 0.335 e. The van der Waals surface area contributed by atoms with Crippen molar-refractivity contribution in [3.05, 3.63) is 25.0 Å². The molecule has 1 N–H and O–H groups in total. The first-order chi connectivity index (χ1) is 9.42. The first kappa shape index (κ1) is 14.6. The minimum atomic E-state index is -3.69. The first-order valence-electron chi connectivity index (χ1n) is 6.50. The summed E-state index contributed by atoms with van der Waals surface area (Å²) in [4.78, 5) is 7.95. The summed E-state index contributed by atoms with van der Waals surface area (Å²) in [6, 6.07) is 0.162. The van der Waals surface area contributed by atoms with Crippen molar-refractivity contribution in [3.8, 4) is 0 Å². The van der Waals surface area contributed by atoms with E-state index in [2.05, 4.69) is 14.7 Å². The van der Waals surface area contributed by atoms with Crippen LogP contribution in [-0.2, 0) is 16.6 Å². The van der Waals surface area contributed by atoms with Crippen LogP contribution >= 0.6 is 0 Å². The molecule has 0 bridgehead atoms. The van der Waals surface area contributed by atoms with Gasteiger partial charge >= 0.3 is 0 Å². The first-order valence-corrected chi connectivity index (χ1v) is 7.98. The van der Waals surface area contributed by atoms with E-state index in [1.165, 1.54) is 12.5 Å². The van der Waals surface area contributed by atoms with Gasteiger partial charge in [0.25, 0.3) is 10.0 Å². The topological polar surface area (TPSA) is 81.8 Å². The highest BCUT2D eigenvalue weighted by Crippen LogP contribution is 2.14. The minimum absolute atomic E-state index is 0.00348. The van der Waals surface area contributed by atoms with Gasteiger partial charge in [-0.25, -0.2) is 9.97 Å². The van der Waals surface area contributed by atoms with Crippen LogP contribution in [0.3, 0.4) is 0 Å². The van der Waals surface area contributed by atoms with Crippen LogP contribution < -0.4 is 4.72 Å². The lowest BCUT2D eigenvalue weighted by Crippen LogP contribution is -2.13. The van der Waals surface area contributed by atoms with Crippen LogP contribution in [-0.4, -0.2) is 27.5 Å². The van der Waals surface area contributed by atoms with E-state index >= 15 is 0 Å². The van der Waals surface area contributed by atoms with E-state index in [9.17, 15) is 8.42 Å². The van der Waals surface area contributed by atoms with E-state index in [1.54, 1.807) is 17.1 Å². The Morgan fingerprint density at radius 2 is 2.00 bits per heavy atom. The van der Waals surface area contributed by atoms with E-state index in [4.69, 9.17) is 0 Å². The van der Waals surface area contributed by atoms with Crippen LogP contribution in [0.5, 0.6) is 0 Å². The summed E-state index contributed by atoms with van der Waals surface area (Å²) < 4.78 is 30.3. The van der Waals surface area contributed by atoms with Crippen molar-refractivity contribution in [1.29, 1.82) is 0 Å². The SMILES string of the molecule is CCCn1cnc(NS(=O)(=O)c2cn(C(C)C)cn2)c1. The molecule has 2 aromatic heterocycles. The second-order valence-electron chi connectivity index (χ2n) is 4.86. The average Bonchev–Trinajstić information content (AvgIpc) is 2.98. The molecule has 0 aliphatic carbocycles. The molecule has 0 aromatic carbocycles. The Morgan fingerprint density at radius 1 is 1.25 bits per heavy atom. The average molecular weight is 297 g/mol. The Bertz CT molecular complexity index is 672. The molecule has 0 spiro atoms. The highest BCUT2D eigenvalue weighted by molar-refractivity contribution is 7.92. The number of hydrogen-bond donors (Lipinski definition) is 1. The Kier molecular flexibility index (Phi) is 4.12. The fourth-order valence-corrected chi connectivity index (χ4v) is 2.65. The molecular weight excluding hydrogens is 278 g/mol. The highest BCUT2D eigenvalue weighted by Gasteiger charge is 2.19. The summed E-state index contributed by atoms with van der Waals surface area (Å²) in [5.74, 6) is 0.303. The lowest BCUT2D eigenvalue weighted by molar-refractivity contribution is 0.591. The number of imidazole rings is 2. The smallest absolute Gasteiger partial charge is 0.282 e. The summed E-state index contributed by atoms with van der Waals surface area (Å²) >= 11 is 0. The van der Waals surface area contributed by atoms with Crippen molar-refractivity contribution in [2.24, 2.45) is 0 Å². The van der Waals surface area contributed by atoms with Gasteiger partial charge in [-0.15, -0.1) is 0 Å². The fourth-order valence-electron chi connectivity index (χ4n) is 1.72. The van der Waals surface area contributed by atoms with Crippen molar-refractivity contribution in [3.63, 3.8) is 0 Å². The van der Waals surface area contributed by atoms with Crippen LogP contribution in [0.2, 0.25) is 0 Å². The summed E-state index contributed by atoms with van der Waals surface area (Å²) in [6.45, 7) is 6.76. The zero-order valence-corrected chi connectivity index (χ0v) is 12.6. The zero-order valence-electron chi connectivity index (χ0n) is 11.8. The normalized spacial score (nSPS) is 12.0. The second kappa shape index (κ2) is 5.66. The second-order valence-corrected chi connectivity index (χ2v) is 6.48. The Balaban J connectivity index is 2.16. The molecule has 0 saturated heterocycles. The molecule has 0 saturated carbocycles. The van der Waals surface area contributed by atoms with Crippen molar-refractivity contribution < 1.29 is 8.42 Å². The number of rotatable bonds is 6. The summed E-state index contributed by atoms with van der Waals surface area (Å²) in [6.07, 6.45) is 7.25. The molecule has 7 nitrogen and oxygen atoms in total. The fraction of sp³-hybridized carbons (Fsp3) is 0.500. The van der Waals surface area contributed by atoms with Gasteiger partial charge < -0.3 is 9.13 Å². The number of aromatic nitrogens is 4. The van der Waals surface area contributed by atoms with Gasteiger partial charge in [0.2, 0.25) is 0 Å². The Labute approximate surface area is 118 Å². The molecule has 0 unspecified atom stereocenters. The quantitative estimate of drug-likeness (QED) is 0.882. The molecule has 0 aliphatic rings.